The summed E-state index contributed by atoms with van der Waals surface area (Å²) in [6.45, 7) is 8.67. The largest absolute Gasteiger partial charge is 0.351 e. The van der Waals surface area contributed by atoms with E-state index in [9.17, 15) is 4.79 Å². The smallest absolute Gasteiger partial charge is 0.217 e. The molecule has 22 heavy (non-hydrogen) atoms. The molecule has 0 aromatic heterocycles. The van der Waals surface area contributed by atoms with Crippen molar-refractivity contribution in [3.05, 3.63) is 24.6 Å². The number of amides is 1. The Morgan fingerprint density at radius 1 is 1.32 bits per heavy atom. The second-order valence-corrected chi connectivity index (χ2v) is 6.18. The van der Waals surface area contributed by atoms with Gasteiger partial charge in [0.1, 0.15) is 12.7 Å². The Kier molecular flexibility index (Phi) is 8.90. The zero-order chi connectivity index (χ0) is 16.3. The first-order valence-corrected chi connectivity index (χ1v) is 8.80. The molecule has 0 aromatic rings. The molecule has 2 unspecified atom stereocenters. The van der Waals surface area contributed by atoms with Crippen LogP contribution in [0.15, 0.2) is 24.6 Å². The minimum Gasteiger partial charge on any atom is -0.351 e. The van der Waals surface area contributed by atoms with Gasteiger partial charge in [-0.1, -0.05) is 25.0 Å². The second-order valence-electron chi connectivity index (χ2n) is 6.18. The number of hydrogen-bond donors (Lipinski definition) is 2. The molecule has 1 rings (SSSR count). The highest BCUT2D eigenvalue weighted by Crippen LogP contribution is 2.22. The quantitative estimate of drug-likeness (QED) is 0.349. The van der Waals surface area contributed by atoms with Gasteiger partial charge in [0.25, 0.3) is 0 Å². The Labute approximate surface area is 136 Å². The maximum Gasteiger partial charge on any atom is 0.217 e. The van der Waals surface area contributed by atoms with Crippen molar-refractivity contribution in [3.63, 3.8) is 0 Å². The number of unbranched alkanes of at least 4 members (excludes halogenated alkanes) is 4. The number of likely N-dealkylation sites (N-methyl/N-ethyl adjacent to an activating group) is 1. The van der Waals surface area contributed by atoms with Crippen molar-refractivity contribution in [3.8, 4) is 0 Å². The van der Waals surface area contributed by atoms with E-state index in [2.05, 4.69) is 49.0 Å². The van der Waals surface area contributed by atoms with Crippen molar-refractivity contribution in [2.45, 2.75) is 65.5 Å². The molecule has 1 aliphatic rings. The number of rotatable bonds is 11. The first-order chi connectivity index (χ1) is 10.6. The summed E-state index contributed by atoms with van der Waals surface area (Å²) in [4.78, 5) is 11.1. The van der Waals surface area contributed by atoms with Crippen molar-refractivity contribution in [2.75, 3.05) is 19.6 Å². The topological polar surface area (TPSA) is 41.1 Å². The Morgan fingerprint density at radius 3 is 2.77 bits per heavy atom. The van der Waals surface area contributed by atoms with Gasteiger partial charge >= 0.3 is 0 Å². The molecule has 0 fully saturated rings. The molecule has 2 N–H and O–H groups in total. The molecular weight excluding hydrogens is 274 g/mol. The summed E-state index contributed by atoms with van der Waals surface area (Å²) >= 11 is 0. The molecule has 0 saturated heterocycles. The fourth-order valence-electron chi connectivity index (χ4n) is 3.17. The first kappa shape index (κ1) is 18.8. The Bertz CT molecular complexity index is 379. The maximum atomic E-state index is 11.1. The molecule has 2 atom stereocenters. The van der Waals surface area contributed by atoms with E-state index in [1.165, 1.54) is 38.5 Å². The van der Waals surface area contributed by atoms with Crippen LogP contribution in [0.3, 0.4) is 0 Å². The molecule has 1 amide bonds. The van der Waals surface area contributed by atoms with E-state index < -0.39 is 0 Å². The summed E-state index contributed by atoms with van der Waals surface area (Å²) in [5.41, 5.74) is 0. The van der Waals surface area contributed by atoms with Crippen LogP contribution in [0, 0.1) is 0 Å². The summed E-state index contributed by atoms with van der Waals surface area (Å²) in [6.07, 6.45) is 16.8. The molecule has 0 aliphatic carbocycles. The van der Waals surface area contributed by atoms with Crippen molar-refractivity contribution in [2.24, 2.45) is 0 Å². The molecule has 1 aliphatic heterocycles. The van der Waals surface area contributed by atoms with Crippen molar-refractivity contribution >= 4 is 5.91 Å². The number of carbonyl (C=O) groups excluding carboxylic acids is 1. The standard InChI is InChI=1S/C18H33N3O/c1-4-6-7-8-9-10-11-12-18-20-14-16-21(18,5-2)15-13-19-17(3)22/h4,6,14,16,18,20H,5,7-13,15H2,1-3H3/p+1/b6-4+. The van der Waals surface area contributed by atoms with E-state index in [4.69, 9.17) is 0 Å². The van der Waals surface area contributed by atoms with Gasteiger partial charge in [-0.15, -0.1) is 0 Å². The Balaban J connectivity index is 2.30. The lowest BCUT2D eigenvalue weighted by Gasteiger charge is -2.37. The SMILES string of the molecule is C/C=C/CCCCCCC1NC=C[N+]1(CC)CCNC(C)=O. The van der Waals surface area contributed by atoms with E-state index in [1.807, 2.05) is 0 Å². The van der Waals surface area contributed by atoms with Crippen LogP contribution in [0.25, 0.3) is 0 Å². The van der Waals surface area contributed by atoms with Crippen LogP contribution in [-0.4, -0.2) is 36.2 Å². The van der Waals surface area contributed by atoms with E-state index in [-0.39, 0.29) is 5.91 Å². The third-order valence-electron chi connectivity index (χ3n) is 4.61. The fourth-order valence-corrected chi connectivity index (χ4v) is 3.17. The third-order valence-corrected chi connectivity index (χ3v) is 4.61. The number of allylic oxidation sites excluding steroid dienone is 2. The summed E-state index contributed by atoms with van der Waals surface area (Å²) in [5.74, 6) is 0.0584. The molecular formula is C18H34N3O+. The van der Waals surface area contributed by atoms with Gasteiger partial charge in [-0.25, -0.2) is 0 Å². The number of nitrogens with zero attached hydrogens (tertiary/aromatic N) is 1. The summed E-state index contributed by atoms with van der Waals surface area (Å²) in [6, 6.07) is 0. The van der Waals surface area contributed by atoms with Crippen molar-refractivity contribution in [1.29, 1.82) is 0 Å². The molecule has 0 bridgehead atoms. The van der Waals surface area contributed by atoms with E-state index >= 15 is 0 Å². The molecule has 0 saturated carbocycles. The summed E-state index contributed by atoms with van der Waals surface area (Å²) in [7, 11) is 0. The van der Waals surface area contributed by atoms with Gasteiger partial charge in [-0.3, -0.25) is 9.28 Å². The van der Waals surface area contributed by atoms with Crippen LogP contribution in [0.4, 0.5) is 0 Å². The molecule has 0 spiro atoms. The highest BCUT2D eigenvalue weighted by molar-refractivity contribution is 5.72. The van der Waals surface area contributed by atoms with E-state index in [1.54, 1.807) is 6.92 Å². The normalized spacial score (nSPS) is 23.9. The molecule has 0 radical (unpaired) electrons. The number of hydrogen-bond acceptors (Lipinski definition) is 2. The predicted octanol–water partition coefficient (Wildman–Crippen LogP) is 3.28. The molecule has 4 heteroatoms. The molecule has 126 valence electrons. The fraction of sp³-hybridized carbons (Fsp3) is 0.722. The average molecular weight is 308 g/mol. The van der Waals surface area contributed by atoms with Crippen LogP contribution >= 0.6 is 0 Å². The van der Waals surface area contributed by atoms with Gasteiger partial charge in [0.2, 0.25) is 5.91 Å². The van der Waals surface area contributed by atoms with Crippen LogP contribution < -0.4 is 10.6 Å². The minimum atomic E-state index is 0.0584. The van der Waals surface area contributed by atoms with E-state index in [0.29, 0.717) is 6.17 Å². The van der Waals surface area contributed by atoms with Gasteiger partial charge in [-0.2, -0.15) is 0 Å². The maximum absolute atomic E-state index is 11.1. The lowest BCUT2D eigenvalue weighted by molar-refractivity contribution is -0.898. The zero-order valence-corrected chi connectivity index (χ0v) is 14.6. The molecule has 4 nitrogen and oxygen atoms in total. The lowest BCUT2D eigenvalue weighted by atomic mass is 10.1. The molecule has 1 heterocycles. The van der Waals surface area contributed by atoms with Gasteiger partial charge in [0, 0.05) is 13.3 Å². The number of carbonyl (C=O) groups is 1. The first-order valence-electron chi connectivity index (χ1n) is 8.80. The second kappa shape index (κ2) is 10.4. The van der Waals surface area contributed by atoms with Crippen molar-refractivity contribution in [1.82, 2.24) is 10.6 Å². The van der Waals surface area contributed by atoms with Gasteiger partial charge in [0.05, 0.1) is 19.3 Å². The van der Waals surface area contributed by atoms with Crippen LogP contribution in [0.2, 0.25) is 0 Å². The highest BCUT2D eigenvalue weighted by atomic mass is 16.1. The Morgan fingerprint density at radius 2 is 2.09 bits per heavy atom. The van der Waals surface area contributed by atoms with Crippen LogP contribution in [0.1, 0.15) is 59.3 Å². The lowest BCUT2D eigenvalue weighted by Crippen LogP contribution is -2.55. The molecule has 0 aromatic carbocycles. The minimum absolute atomic E-state index is 0.0584. The third kappa shape index (κ3) is 6.22. The average Bonchev–Trinajstić information content (AvgIpc) is 2.89. The summed E-state index contributed by atoms with van der Waals surface area (Å²) in [5, 5.41) is 6.44. The Hall–Kier alpha value is -1.29. The van der Waals surface area contributed by atoms with Crippen LogP contribution in [0.5, 0.6) is 0 Å². The number of quaternary nitrogens is 1. The van der Waals surface area contributed by atoms with Crippen LogP contribution in [-0.2, 0) is 4.79 Å². The zero-order valence-electron chi connectivity index (χ0n) is 14.6. The highest BCUT2D eigenvalue weighted by Gasteiger charge is 2.36. The summed E-state index contributed by atoms with van der Waals surface area (Å²) < 4.78 is 0.943. The van der Waals surface area contributed by atoms with Gasteiger partial charge in [-0.05, 0) is 33.1 Å². The van der Waals surface area contributed by atoms with Gasteiger partial charge < -0.3 is 10.6 Å². The van der Waals surface area contributed by atoms with Gasteiger partial charge in [0.15, 0.2) is 6.17 Å². The van der Waals surface area contributed by atoms with Crippen molar-refractivity contribution < 1.29 is 9.28 Å². The number of nitrogens with one attached hydrogen (secondary N) is 2. The van der Waals surface area contributed by atoms with E-state index in [0.717, 1.165) is 24.1 Å². The monoisotopic (exact) mass is 308 g/mol. The predicted molar refractivity (Wildman–Crippen MR) is 92.9 cm³/mol.